The predicted molar refractivity (Wildman–Crippen MR) is 212 cm³/mol. The average molecular weight is 866 g/mol. The van der Waals surface area contributed by atoms with E-state index in [0.717, 1.165) is 0 Å². The minimum atomic E-state index is -1.79. The van der Waals surface area contributed by atoms with Crippen LogP contribution in [-0.2, 0) is 37.9 Å². The molecule has 14 atom stereocenters. The standard InChI is InChI=1S/C39H71N5O16/c1-18-14-21(45)23(17-41-32(49)57-36(2,3)4)54-30(18)55-28-19(42-33(50)58-37(5,6)7)15-20(43-34(51)59-38(8,9)10)29(27(28)48)56-31-26(47)24(25(46)22(16-40)53-31)44-35(52)60-39(11,12)13/h18-31,45-48H,14-17,40H2,1-13H3,(H,41,49)(H,42,50)(H,43,51)(H,44,52)/t18-,19+,20-,21+,22?,23-,24?,25-,26-,27+,28?,29+,30-,31-/m1/s1. The van der Waals surface area contributed by atoms with E-state index in [1.54, 1.807) is 90.0 Å². The lowest BCUT2D eigenvalue weighted by molar-refractivity contribution is -0.317. The third-order valence-electron chi connectivity index (χ3n) is 9.24. The molecule has 2 heterocycles. The number of aliphatic hydroxyl groups excluding tert-OH is 4. The van der Waals surface area contributed by atoms with Crippen molar-refractivity contribution in [2.75, 3.05) is 13.1 Å². The zero-order valence-corrected chi connectivity index (χ0v) is 37.2. The third kappa shape index (κ3) is 15.9. The molecule has 21 nitrogen and oxygen atoms in total. The summed E-state index contributed by atoms with van der Waals surface area (Å²) in [6, 6.07) is -3.75. The number of nitrogens with one attached hydrogen (secondary N) is 4. The van der Waals surface area contributed by atoms with Gasteiger partial charge >= 0.3 is 24.4 Å². The van der Waals surface area contributed by atoms with Crippen LogP contribution in [-0.4, -0.2) is 160 Å². The number of amides is 4. The first-order valence-electron chi connectivity index (χ1n) is 20.4. The van der Waals surface area contributed by atoms with Crippen molar-refractivity contribution < 1.29 is 77.5 Å². The van der Waals surface area contributed by atoms with Gasteiger partial charge in [0.25, 0.3) is 0 Å². The lowest BCUT2D eigenvalue weighted by Crippen LogP contribution is -2.70. The lowest BCUT2D eigenvalue weighted by atomic mass is 9.83. The number of carbonyl (C=O) groups excluding carboxylic acids is 4. The molecule has 60 heavy (non-hydrogen) atoms. The molecule has 3 rings (SSSR count). The first-order valence-corrected chi connectivity index (χ1v) is 20.4. The smallest absolute Gasteiger partial charge is 0.408 e. The van der Waals surface area contributed by atoms with Gasteiger partial charge in [-0.1, -0.05) is 6.92 Å². The number of carbonyl (C=O) groups is 4. The summed E-state index contributed by atoms with van der Waals surface area (Å²) in [5.41, 5.74) is 2.34. The van der Waals surface area contributed by atoms with E-state index in [9.17, 15) is 39.6 Å². The summed E-state index contributed by atoms with van der Waals surface area (Å²) in [5.74, 6) is -0.501. The zero-order chi connectivity index (χ0) is 45.7. The summed E-state index contributed by atoms with van der Waals surface area (Å²) in [7, 11) is 0. The van der Waals surface area contributed by atoms with Gasteiger partial charge in [-0.25, -0.2) is 19.2 Å². The van der Waals surface area contributed by atoms with Gasteiger partial charge in [-0.05, 0) is 95.9 Å². The lowest BCUT2D eigenvalue weighted by Gasteiger charge is -2.49. The molecule has 0 aromatic rings. The van der Waals surface area contributed by atoms with Gasteiger partial charge in [0.05, 0.1) is 24.2 Å². The van der Waals surface area contributed by atoms with Crippen molar-refractivity contribution >= 4 is 24.4 Å². The number of rotatable bonds is 10. The summed E-state index contributed by atoms with van der Waals surface area (Å²) in [6.45, 7) is 21.2. The summed E-state index contributed by atoms with van der Waals surface area (Å²) >= 11 is 0. The van der Waals surface area contributed by atoms with Crippen molar-refractivity contribution in [2.45, 2.75) is 205 Å². The van der Waals surface area contributed by atoms with Crippen LogP contribution in [0.4, 0.5) is 19.2 Å². The largest absolute Gasteiger partial charge is 0.444 e. The normalized spacial score (nSPS) is 34.1. The van der Waals surface area contributed by atoms with Crippen molar-refractivity contribution in [3.8, 4) is 0 Å². The van der Waals surface area contributed by atoms with Crippen LogP contribution in [0.1, 0.15) is 103 Å². The Morgan fingerprint density at radius 1 is 0.583 bits per heavy atom. The highest BCUT2D eigenvalue weighted by Crippen LogP contribution is 2.34. The maximum atomic E-state index is 13.3. The highest BCUT2D eigenvalue weighted by atomic mass is 16.7. The second-order valence-electron chi connectivity index (χ2n) is 19.6. The molecule has 21 heteroatoms. The number of ether oxygens (including phenoxy) is 8. The summed E-state index contributed by atoms with van der Waals surface area (Å²) < 4.78 is 46.5. The molecule has 0 radical (unpaired) electrons. The van der Waals surface area contributed by atoms with E-state index in [1.165, 1.54) is 0 Å². The number of hydrogen-bond acceptors (Lipinski definition) is 17. The van der Waals surface area contributed by atoms with E-state index in [-0.39, 0.29) is 25.9 Å². The molecular formula is C39H71N5O16. The molecule has 4 amide bonds. The van der Waals surface area contributed by atoms with Gasteiger partial charge in [0.2, 0.25) is 0 Å². The van der Waals surface area contributed by atoms with Crippen molar-refractivity contribution in [1.29, 1.82) is 0 Å². The summed E-state index contributed by atoms with van der Waals surface area (Å²) in [4.78, 5) is 51.8. The van der Waals surface area contributed by atoms with E-state index in [4.69, 9.17) is 43.6 Å². The van der Waals surface area contributed by atoms with Gasteiger partial charge in [-0.3, -0.25) is 0 Å². The topological polar surface area (TPSA) is 297 Å². The van der Waals surface area contributed by atoms with Crippen LogP contribution in [0.25, 0.3) is 0 Å². The van der Waals surface area contributed by atoms with Gasteiger partial charge < -0.3 is 85.3 Å². The second-order valence-corrected chi connectivity index (χ2v) is 19.6. The zero-order valence-electron chi connectivity index (χ0n) is 37.2. The monoisotopic (exact) mass is 865 g/mol. The summed E-state index contributed by atoms with van der Waals surface area (Å²) in [5, 5.41) is 56.3. The third-order valence-corrected chi connectivity index (χ3v) is 9.24. The Morgan fingerprint density at radius 2 is 1.00 bits per heavy atom. The van der Waals surface area contributed by atoms with Crippen LogP contribution in [0, 0.1) is 5.92 Å². The van der Waals surface area contributed by atoms with Crippen LogP contribution in [0.2, 0.25) is 0 Å². The molecule has 0 aromatic carbocycles. The Labute approximate surface area is 352 Å². The van der Waals surface area contributed by atoms with E-state index in [2.05, 4.69) is 21.3 Å². The fraction of sp³-hybridized carbons (Fsp3) is 0.897. The van der Waals surface area contributed by atoms with Gasteiger partial charge in [0.15, 0.2) is 12.6 Å². The summed E-state index contributed by atoms with van der Waals surface area (Å²) in [6.07, 6.45) is -17.6. The Hall–Kier alpha value is -3.28. The first kappa shape index (κ1) is 51.1. The van der Waals surface area contributed by atoms with Gasteiger partial charge in [-0.2, -0.15) is 0 Å². The molecule has 2 saturated heterocycles. The average Bonchev–Trinajstić information content (AvgIpc) is 3.04. The van der Waals surface area contributed by atoms with Crippen molar-refractivity contribution in [3.63, 3.8) is 0 Å². The van der Waals surface area contributed by atoms with Crippen LogP contribution >= 0.6 is 0 Å². The quantitative estimate of drug-likeness (QED) is 0.140. The molecule has 3 aliphatic rings. The van der Waals surface area contributed by atoms with Crippen molar-refractivity contribution in [3.05, 3.63) is 0 Å². The highest BCUT2D eigenvalue weighted by Gasteiger charge is 2.53. The predicted octanol–water partition coefficient (Wildman–Crippen LogP) is 1.24. The number of alkyl carbamates (subject to hydrolysis) is 4. The molecule has 348 valence electrons. The van der Waals surface area contributed by atoms with Gasteiger partial charge in [0, 0.05) is 19.0 Å². The molecule has 1 saturated carbocycles. The van der Waals surface area contributed by atoms with Crippen LogP contribution in [0.3, 0.4) is 0 Å². The molecule has 0 bridgehead atoms. The molecule has 1 aliphatic carbocycles. The maximum Gasteiger partial charge on any atom is 0.408 e. The fourth-order valence-corrected chi connectivity index (χ4v) is 6.81. The molecule has 2 aliphatic heterocycles. The number of aliphatic hydroxyl groups is 4. The Bertz CT molecular complexity index is 1440. The number of nitrogens with two attached hydrogens (primary N) is 1. The second kappa shape index (κ2) is 20.3. The number of hydrogen-bond donors (Lipinski definition) is 9. The molecule has 0 spiro atoms. The minimum absolute atomic E-state index is 0.151. The van der Waals surface area contributed by atoms with E-state index in [0.29, 0.717) is 0 Å². The van der Waals surface area contributed by atoms with E-state index < -0.39 is 132 Å². The van der Waals surface area contributed by atoms with E-state index in [1.807, 2.05) is 0 Å². The molecule has 3 fully saturated rings. The van der Waals surface area contributed by atoms with Gasteiger partial charge in [0.1, 0.15) is 65.1 Å². The highest BCUT2D eigenvalue weighted by molar-refractivity contribution is 5.70. The fourth-order valence-electron chi connectivity index (χ4n) is 6.81. The molecule has 3 unspecified atom stereocenters. The van der Waals surface area contributed by atoms with Crippen LogP contribution in [0.5, 0.6) is 0 Å². The SMILES string of the molecule is C[C@@H]1C[C@H](O)[C@@H](CNC(=O)OC(C)(C)C)O[C@@H]1OC1[C@@H](NC(=O)OC(C)(C)C)C[C@@H](NC(=O)OC(C)(C)C)[C@H](O[C@H]2OC(CN)[C@@H](O)C(NC(=O)OC(C)(C)C)[C@H]2O)[C@H]1O. The van der Waals surface area contributed by atoms with Crippen LogP contribution < -0.4 is 27.0 Å². The first-order chi connectivity index (χ1) is 27.4. The Morgan fingerprint density at radius 3 is 1.45 bits per heavy atom. The van der Waals surface area contributed by atoms with Gasteiger partial charge in [-0.15, -0.1) is 0 Å². The van der Waals surface area contributed by atoms with Crippen LogP contribution in [0.15, 0.2) is 0 Å². The molecular weight excluding hydrogens is 794 g/mol. The minimum Gasteiger partial charge on any atom is -0.444 e. The Kier molecular flexibility index (Phi) is 17.3. The van der Waals surface area contributed by atoms with Crippen molar-refractivity contribution in [1.82, 2.24) is 21.3 Å². The maximum absolute atomic E-state index is 13.3. The van der Waals surface area contributed by atoms with E-state index >= 15 is 0 Å². The molecule has 0 aromatic heterocycles. The molecule has 10 N–H and O–H groups in total. The Balaban J connectivity index is 2.02. The van der Waals surface area contributed by atoms with Crippen molar-refractivity contribution in [2.24, 2.45) is 11.7 Å².